The Morgan fingerprint density at radius 2 is 1.89 bits per heavy atom. The summed E-state index contributed by atoms with van der Waals surface area (Å²) in [5, 5.41) is 2.83. The zero-order chi connectivity index (χ0) is 18.8. The van der Waals surface area contributed by atoms with Crippen molar-refractivity contribution in [2.45, 2.75) is 57.0 Å². The SMILES string of the molecule is NC(Cc1ccc2c(c1)CC(=O)N2)C(=O)N1CCC(N2CCCCC2)CC1. The first-order valence-electron chi connectivity index (χ1n) is 10.3. The van der Waals surface area contributed by atoms with Crippen molar-refractivity contribution < 1.29 is 9.59 Å². The summed E-state index contributed by atoms with van der Waals surface area (Å²) in [5.41, 5.74) is 9.15. The van der Waals surface area contributed by atoms with Gasteiger partial charge in [-0.1, -0.05) is 18.6 Å². The zero-order valence-electron chi connectivity index (χ0n) is 16.0. The summed E-state index contributed by atoms with van der Waals surface area (Å²) in [4.78, 5) is 28.8. The van der Waals surface area contributed by atoms with E-state index in [-0.39, 0.29) is 11.8 Å². The molecule has 6 heteroatoms. The average molecular weight is 370 g/mol. The van der Waals surface area contributed by atoms with E-state index in [4.69, 9.17) is 5.73 Å². The Morgan fingerprint density at radius 3 is 2.63 bits per heavy atom. The van der Waals surface area contributed by atoms with Gasteiger partial charge in [0.2, 0.25) is 11.8 Å². The molecule has 0 spiro atoms. The predicted molar refractivity (Wildman–Crippen MR) is 105 cm³/mol. The first-order chi connectivity index (χ1) is 13.1. The van der Waals surface area contributed by atoms with Crippen LogP contribution in [-0.2, 0) is 22.4 Å². The van der Waals surface area contributed by atoms with Crippen molar-refractivity contribution in [3.05, 3.63) is 29.3 Å². The number of benzene rings is 1. The lowest BCUT2D eigenvalue weighted by atomic mass is 9.98. The van der Waals surface area contributed by atoms with Gasteiger partial charge in [0.1, 0.15) is 0 Å². The van der Waals surface area contributed by atoms with Crippen LogP contribution in [0.1, 0.15) is 43.2 Å². The van der Waals surface area contributed by atoms with Gasteiger partial charge in [-0.3, -0.25) is 9.59 Å². The third kappa shape index (κ3) is 4.17. The normalized spacial score (nSPS) is 22.4. The summed E-state index contributed by atoms with van der Waals surface area (Å²) in [6.07, 6.45) is 7.03. The average Bonchev–Trinajstić information content (AvgIpc) is 3.07. The zero-order valence-corrected chi connectivity index (χ0v) is 16.0. The molecule has 0 radical (unpaired) electrons. The molecule has 0 aromatic heterocycles. The standard InChI is InChI=1S/C21H30N4O2/c22-18(13-15-4-5-19-16(12-15)14-20(26)23-19)21(27)25-10-6-17(7-11-25)24-8-2-1-3-9-24/h4-5,12,17-18H,1-3,6-11,13-14,22H2,(H,23,26). The van der Waals surface area contributed by atoms with Crippen LogP contribution in [0.3, 0.4) is 0 Å². The number of nitrogens with zero attached hydrogens (tertiary/aromatic N) is 2. The lowest BCUT2D eigenvalue weighted by Crippen LogP contribution is -2.52. The maximum Gasteiger partial charge on any atom is 0.239 e. The van der Waals surface area contributed by atoms with E-state index in [1.165, 1.54) is 32.4 Å². The van der Waals surface area contributed by atoms with Crippen molar-refractivity contribution in [2.24, 2.45) is 5.73 Å². The molecule has 2 fully saturated rings. The van der Waals surface area contributed by atoms with Gasteiger partial charge in [-0.05, 0) is 62.4 Å². The Hall–Kier alpha value is -1.92. The van der Waals surface area contributed by atoms with E-state index in [1.807, 2.05) is 23.1 Å². The number of amides is 2. The van der Waals surface area contributed by atoms with Crippen LogP contribution in [0.15, 0.2) is 18.2 Å². The second-order valence-corrected chi connectivity index (χ2v) is 8.18. The van der Waals surface area contributed by atoms with Gasteiger partial charge in [-0.2, -0.15) is 0 Å². The van der Waals surface area contributed by atoms with Gasteiger partial charge in [0.25, 0.3) is 0 Å². The number of carbonyl (C=O) groups excluding carboxylic acids is 2. The second-order valence-electron chi connectivity index (χ2n) is 8.18. The highest BCUT2D eigenvalue weighted by Crippen LogP contribution is 2.25. The Kier molecular flexibility index (Phi) is 5.45. The molecule has 4 rings (SSSR count). The molecular formula is C21H30N4O2. The number of carbonyl (C=O) groups is 2. The maximum atomic E-state index is 12.8. The minimum atomic E-state index is -0.514. The van der Waals surface area contributed by atoms with Gasteiger partial charge in [-0.25, -0.2) is 0 Å². The molecule has 0 bridgehead atoms. The topological polar surface area (TPSA) is 78.7 Å². The predicted octanol–water partition coefficient (Wildman–Crippen LogP) is 1.53. The number of nitrogens with one attached hydrogen (secondary N) is 1. The molecule has 3 aliphatic heterocycles. The van der Waals surface area contributed by atoms with Crippen LogP contribution in [0.25, 0.3) is 0 Å². The molecule has 1 unspecified atom stereocenters. The largest absolute Gasteiger partial charge is 0.341 e. The van der Waals surface area contributed by atoms with E-state index < -0.39 is 6.04 Å². The molecule has 3 aliphatic rings. The van der Waals surface area contributed by atoms with E-state index in [0.717, 1.165) is 42.7 Å². The molecule has 1 aromatic carbocycles. The van der Waals surface area contributed by atoms with Crippen molar-refractivity contribution in [3.8, 4) is 0 Å². The van der Waals surface area contributed by atoms with Gasteiger partial charge in [-0.15, -0.1) is 0 Å². The van der Waals surface area contributed by atoms with E-state index in [9.17, 15) is 9.59 Å². The molecule has 2 saturated heterocycles. The van der Waals surface area contributed by atoms with Crippen LogP contribution in [0.2, 0.25) is 0 Å². The first kappa shape index (κ1) is 18.4. The highest BCUT2D eigenvalue weighted by Gasteiger charge is 2.30. The molecule has 3 heterocycles. The number of rotatable bonds is 4. The van der Waals surface area contributed by atoms with E-state index in [0.29, 0.717) is 18.9 Å². The first-order valence-corrected chi connectivity index (χ1v) is 10.3. The molecule has 2 amide bonds. The Balaban J connectivity index is 1.29. The molecule has 146 valence electrons. The summed E-state index contributed by atoms with van der Waals surface area (Å²) in [6.45, 7) is 4.06. The molecule has 6 nitrogen and oxygen atoms in total. The second kappa shape index (κ2) is 7.98. The molecular weight excluding hydrogens is 340 g/mol. The van der Waals surface area contributed by atoms with Crippen molar-refractivity contribution in [3.63, 3.8) is 0 Å². The molecule has 0 aliphatic carbocycles. The Labute approximate surface area is 161 Å². The molecule has 1 atom stereocenters. The van der Waals surface area contributed by atoms with Crippen LogP contribution in [0.5, 0.6) is 0 Å². The fraction of sp³-hybridized carbons (Fsp3) is 0.619. The molecule has 27 heavy (non-hydrogen) atoms. The van der Waals surface area contributed by atoms with Crippen LogP contribution >= 0.6 is 0 Å². The smallest absolute Gasteiger partial charge is 0.239 e. The van der Waals surface area contributed by atoms with Crippen molar-refractivity contribution in [1.29, 1.82) is 0 Å². The summed E-state index contributed by atoms with van der Waals surface area (Å²) in [5.74, 6) is 0.0842. The third-order valence-corrected chi connectivity index (χ3v) is 6.25. The van der Waals surface area contributed by atoms with E-state index >= 15 is 0 Å². The van der Waals surface area contributed by atoms with Crippen LogP contribution < -0.4 is 11.1 Å². The number of likely N-dealkylation sites (tertiary alicyclic amines) is 2. The maximum absolute atomic E-state index is 12.8. The lowest BCUT2D eigenvalue weighted by molar-refractivity contribution is -0.134. The monoisotopic (exact) mass is 370 g/mol. The van der Waals surface area contributed by atoms with Gasteiger partial charge in [0, 0.05) is 24.8 Å². The highest BCUT2D eigenvalue weighted by molar-refractivity contribution is 5.99. The molecule has 3 N–H and O–H groups in total. The summed E-state index contributed by atoms with van der Waals surface area (Å²) < 4.78 is 0. The van der Waals surface area contributed by atoms with Gasteiger partial charge >= 0.3 is 0 Å². The number of hydrogen-bond acceptors (Lipinski definition) is 4. The molecule has 0 saturated carbocycles. The lowest BCUT2D eigenvalue weighted by Gasteiger charge is -2.40. The van der Waals surface area contributed by atoms with E-state index in [1.54, 1.807) is 0 Å². The minimum absolute atomic E-state index is 0.0269. The fourth-order valence-electron chi connectivity index (χ4n) is 4.72. The minimum Gasteiger partial charge on any atom is -0.341 e. The van der Waals surface area contributed by atoms with Gasteiger partial charge in [0.05, 0.1) is 12.5 Å². The van der Waals surface area contributed by atoms with Crippen LogP contribution in [-0.4, -0.2) is 59.9 Å². The highest BCUT2D eigenvalue weighted by atomic mass is 16.2. The van der Waals surface area contributed by atoms with Gasteiger partial charge < -0.3 is 20.9 Å². The van der Waals surface area contributed by atoms with Crippen LogP contribution in [0, 0.1) is 0 Å². The Bertz CT molecular complexity index is 706. The number of nitrogens with two attached hydrogens (primary N) is 1. The third-order valence-electron chi connectivity index (χ3n) is 6.25. The van der Waals surface area contributed by atoms with E-state index in [2.05, 4.69) is 10.2 Å². The van der Waals surface area contributed by atoms with Crippen molar-refractivity contribution in [1.82, 2.24) is 9.80 Å². The number of anilines is 1. The number of fused-ring (bicyclic) bond motifs is 1. The number of piperidine rings is 2. The molecule has 1 aromatic rings. The number of hydrogen-bond donors (Lipinski definition) is 2. The van der Waals surface area contributed by atoms with Crippen molar-refractivity contribution in [2.75, 3.05) is 31.5 Å². The quantitative estimate of drug-likeness (QED) is 0.842. The fourth-order valence-corrected chi connectivity index (χ4v) is 4.72. The summed E-state index contributed by atoms with van der Waals surface area (Å²) in [6, 6.07) is 5.99. The summed E-state index contributed by atoms with van der Waals surface area (Å²) in [7, 11) is 0. The summed E-state index contributed by atoms with van der Waals surface area (Å²) >= 11 is 0. The van der Waals surface area contributed by atoms with Crippen LogP contribution in [0.4, 0.5) is 5.69 Å². The van der Waals surface area contributed by atoms with Gasteiger partial charge in [0.15, 0.2) is 0 Å². The van der Waals surface area contributed by atoms with Crippen molar-refractivity contribution >= 4 is 17.5 Å². The Morgan fingerprint density at radius 1 is 1.15 bits per heavy atom.